The minimum Gasteiger partial charge on any atom is -0.481 e. The molecule has 0 saturated heterocycles. The van der Waals surface area contributed by atoms with Gasteiger partial charge in [-0.25, -0.2) is 14.4 Å². The molecule has 3 aliphatic carbocycles. The fourth-order valence-corrected chi connectivity index (χ4v) is 13.5. The Labute approximate surface area is 763 Å². The van der Waals surface area contributed by atoms with Gasteiger partial charge in [0.1, 0.15) is 24.5 Å². The number of ketones is 2. The number of rotatable bonds is 20. The second-order valence-corrected chi connectivity index (χ2v) is 28.9. The molecule has 9 aromatic rings. The molecule has 13 rings (SSSR count). The van der Waals surface area contributed by atoms with Crippen molar-refractivity contribution in [3.63, 3.8) is 0 Å². The molecule has 17 nitrogen and oxygen atoms in total. The van der Waals surface area contributed by atoms with E-state index in [2.05, 4.69) is 54.7 Å². The fourth-order valence-electron chi connectivity index (χ4n) is 13.3. The van der Waals surface area contributed by atoms with Crippen molar-refractivity contribution in [2.24, 2.45) is 0 Å². The summed E-state index contributed by atoms with van der Waals surface area (Å²) < 4.78 is 10.9. The predicted molar refractivity (Wildman–Crippen MR) is 522 cm³/mol. The van der Waals surface area contributed by atoms with Crippen molar-refractivity contribution in [3.8, 4) is 0 Å². The molecule has 18 heteroatoms. The lowest BCUT2D eigenvalue weighted by Crippen LogP contribution is -2.43. The second kappa shape index (κ2) is 67.2. The van der Waals surface area contributed by atoms with Crippen LogP contribution in [0.2, 0.25) is 5.02 Å². The van der Waals surface area contributed by atoms with Gasteiger partial charge >= 0.3 is 30.0 Å². The Balaban J connectivity index is 0.00000148. The van der Waals surface area contributed by atoms with Crippen LogP contribution < -0.4 is 5.32 Å². The highest BCUT2D eigenvalue weighted by Gasteiger charge is 2.33. The number of nitrogens with one attached hydrogen (secondary N) is 1. The maximum absolute atomic E-state index is 12.9. The molecule has 1 heterocycles. The molecule has 684 valence electrons. The number of amides is 2. The molecule has 9 aromatic carbocycles. The second-order valence-electron chi connectivity index (χ2n) is 28.5. The zero-order chi connectivity index (χ0) is 95.8. The summed E-state index contributed by atoms with van der Waals surface area (Å²) in [5, 5.41) is 29.9. The third kappa shape index (κ3) is 44.0. The van der Waals surface area contributed by atoms with Gasteiger partial charge in [0.15, 0.2) is 17.9 Å². The number of carbonyl (C=O) groups excluding carboxylic acids is 7. The smallest absolute Gasteiger partial charge is 0.415 e. The van der Waals surface area contributed by atoms with Crippen LogP contribution in [-0.4, -0.2) is 91.9 Å². The summed E-state index contributed by atoms with van der Waals surface area (Å²) in [5.74, 6) is -2.32. The van der Waals surface area contributed by atoms with E-state index >= 15 is 0 Å². The normalized spacial score (nSPS) is 13.6. The lowest BCUT2D eigenvalue weighted by atomic mass is 9.97. The van der Waals surface area contributed by atoms with Crippen molar-refractivity contribution in [2.45, 2.75) is 259 Å². The lowest BCUT2D eigenvalue weighted by molar-refractivity contribution is -0.149. The number of hydrogen-bond donors (Lipinski definition) is 4. The zero-order valence-corrected chi connectivity index (χ0v) is 79.7. The van der Waals surface area contributed by atoms with E-state index in [9.17, 15) is 47.9 Å². The number of carbonyl (C=O) groups is 10. The quantitative estimate of drug-likeness (QED) is 0.0314. The van der Waals surface area contributed by atoms with Crippen LogP contribution in [0.25, 0.3) is 17.8 Å². The van der Waals surface area contributed by atoms with Crippen molar-refractivity contribution in [1.82, 2.24) is 10.2 Å². The summed E-state index contributed by atoms with van der Waals surface area (Å²) in [6.45, 7) is 40.9. The molecule has 2 unspecified atom stereocenters. The van der Waals surface area contributed by atoms with Crippen LogP contribution in [0.5, 0.6) is 0 Å². The molecule has 0 saturated carbocycles. The minimum absolute atomic E-state index is 0.0271. The zero-order valence-electron chi connectivity index (χ0n) is 79.0. The van der Waals surface area contributed by atoms with Gasteiger partial charge in [-0.2, -0.15) is 0 Å². The maximum Gasteiger partial charge on any atom is 0.415 e. The highest BCUT2D eigenvalue weighted by molar-refractivity contribution is 6.30. The largest absolute Gasteiger partial charge is 0.481 e. The molecule has 4 aliphatic rings. The number of esters is 1. The number of benzene rings is 9. The molecule has 0 spiro atoms. The number of nitrogens with zero attached hydrogens (tertiary/aromatic N) is 1. The number of aryl methyl sites for hydroxylation is 5. The van der Waals surface area contributed by atoms with Gasteiger partial charge in [0, 0.05) is 40.6 Å². The van der Waals surface area contributed by atoms with Gasteiger partial charge in [-0.3, -0.25) is 38.5 Å². The van der Waals surface area contributed by atoms with Crippen LogP contribution in [0.1, 0.15) is 293 Å². The van der Waals surface area contributed by atoms with Crippen molar-refractivity contribution >= 4 is 89.5 Å². The number of fused-ring (bicyclic) bond motifs is 4. The van der Waals surface area contributed by atoms with Crippen LogP contribution >= 0.6 is 11.6 Å². The van der Waals surface area contributed by atoms with Crippen molar-refractivity contribution < 1.29 is 72.7 Å². The van der Waals surface area contributed by atoms with Crippen molar-refractivity contribution in [2.75, 3.05) is 0 Å². The third-order valence-corrected chi connectivity index (χ3v) is 19.1. The van der Waals surface area contributed by atoms with E-state index in [0.717, 1.165) is 108 Å². The minimum atomic E-state index is -1.09. The summed E-state index contributed by atoms with van der Waals surface area (Å²) in [5.41, 5.74) is 16.5. The van der Waals surface area contributed by atoms with Gasteiger partial charge < -0.3 is 30.1 Å². The predicted octanol–water partition coefficient (Wildman–Crippen LogP) is 26.4. The molecule has 0 aromatic heterocycles. The van der Waals surface area contributed by atoms with E-state index in [4.69, 9.17) is 36.4 Å². The summed E-state index contributed by atoms with van der Waals surface area (Å²) in [7, 11) is 0. The summed E-state index contributed by atoms with van der Waals surface area (Å²) >= 11 is 5.99. The topological polar surface area (TPSA) is 265 Å². The highest BCUT2D eigenvalue weighted by atomic mass is 35.5. The average Bonchev–Trinajstić information content (AvgIpc) is 1.62. The van der Waals surface area contributed by atoms with Gasteiger partial charge in [0.2, 0.25) is 5.91 Å². The average molecular weight is 1750 g/mol. The first-order valence-electron chi connectivity index (χ1n) is 44.7. The van der Waals surface area contributed by atoms with E-state index < -0.39 is 41.6 Å². The Morgan fingerprint density at radius 3 is 1.29 bits per heavy atom. The Kier molecular flexibility index (Phi) is 60.7. The van der Waals surface area contributed by atoms with Crippen LogP contribution in [0.3, 0.4) is 0 Å². The Bertz CT molecular complexity index is 4760. The number of aliphatic carboxylic acids is 3. The van der Waals surface area contributed by atoms with Gasteiger partial charge in [-0.05, 0) is 201 Å². The van der Waals surface area contributed by atoms with Crippen LogP contribution in [0.4, 0.5) is 4.79 Å². The standard InChI is InChI=1S/C27H26ClNO3.C15H17NO4.C12H14O.2C11H12O2.C11H10O2.C8H8O.7C2H6/c28-23-14-10-19(11-15-23)16-25(27(31)32-18-20-6-2-1-3-7-20)29-26(30)17-22-13-12-21-8-4-5-9-24(21)22;1-15(2,3)20-14(19)16-9-10-6-4-5-7-11(10)12(16)8-13(17)18;1-3-11-6-4-5-7-12(11)9-8-10(2)13;2*12-11(13)7-9-6-5-8-3-1-2-4-10(8)9;1-9(13)6-7-10-4-2-3-5-11(10)8-12;1-7-4-2-3-5-8(7)6-9;7*1-2/h1-11,14-15,22,25H,12-13,16-18H2,(H,29,30);4-8H,9H2,1-3H3,(H,17,18);4-9H,3H2,1-2H3;2*1-4,9H,5-7H2,(H,12,13);2-8H,1H3;2-6H,1H3;7*1-2H3/b;12-8-;9-8+;;;7-6+;;;;;;;;/t22-,25-;;;;;;;;;;;;;/m1............./s1. The number of allylic oxidation sites excluding steroid dienone is 2. The number of carboxylic acid groups (broad SMARTS) is 3. The maximum atomic E-state index is 12.9. The van der Waals surface area contributed by atoms with E-state index in [0.29, 0.717) is 35.7 Å². The molecule has 1 aliphatic heterocycles. The Hall–Kier alpha value is -12.2. The molecule has 0 radical (unpaired) electrons. The van der Waals surface area contributed by atoms with E-state index in [1.165, 1.54) is 56.8 Å². The number of ether oxygens (including phenoxy) is 2. The molecule has 2 amide bonds. The molecule has 4 N–H and O–H groups in total. The third-order valence-electron chi connectivity index (χ3n) is 18.9. The van der Waals surface area contributed by atoms with Crippen molar-refractivity contribution in [3.05, 3.63) is 337 Å². The first-order chi connectivity index (χ1) is 61.2. The SMILES string of the molecule is CC.CC.CC.CC.CC.CC.CC.CC(=O)/C=C/c1ccccc1C=O.CC(C)(C)OC(=O)N1Cc2ccccc2/C1=C/C(=O)O.CCc1ccccc1/C=C/C(C)=O.Cc1ccccc1C=O.O=C(C[C@H]1CCc2ccccc21)N[C@H](Cc1ccc(Cl)cc1)C(=O)OCc1ccccc1.O=C(O)CC1CCc2ccccc21.O=C(O)CC1CCc2ccccc21. The van der Waals surface area contributed by atoms with Gasteiger partial charge in [0.05, 0.1) is 25.1 Å². The van der Waals surface area contributed by atoms with Gasteiger partial charge in [-0.15, -0.1) is 0 Å². The van der Waals surface area contributed by atoms with Crippen LogP contribution in [-0.2, 0) is 88.3 Å². The summed E-state index contributed by atoms with van der Waals surface area (Å²) in [6, 6.07) is 70.7. The monoisotopic (exact) mass is 1750 g/mol. The van der Waals surface area contributed by atoms with Gasteiger partial charge in [-0.1, -0.05) is 340 Å². The van der Waals surface area contributed by atoms with Crippen molar-refractivity contribution in [1.29, 1.82) is 0 Å². The molecular formula is C109H141ClN2O15. The number of aldehydes is 2. The molecule has 0 fully saturated rings. The summed E-state index contributed by atoms with van der Waals surface area (Å²) in [6.07, 6.45) is 17.0. The van der Waals surface area contributed by atoms with E-state index in [1.54, 1.807) is 76.2 Å². The fraction of sp³-hybridized carbons (Fsp3) is 0.358. The number of hydrogen-bond acceptors (Lipinski definition) is 12. The molecular weight excluding hydrogens is 1610 g/mol. The Morgan fingerprint density at radius 1 is 0.472 bits per heavy atom. The molecule has 127 heavy (non-hydrogen) atoms. The summed E-state index contributed by atoms with van der Waals surface area (Å²) in [4.78, 5) is 114. The highest BCUT2D eigenvalue weighted by Crippen LogP contribution is 2.38. The van der Waals surface area contributed by atoms with Crippen LogP contribution in [0.15, 0.2) is 243 Å². The van der Waals surface area contributed by atoms with Gasteiger partial charge in [0.25, 0.3) is 0 Å². The van der Waals surface area contributed by atoms with Crippen LogP contribution in [0, 0.1) is 6.92 Å². The lowest BCUT2D eigenvalue weighted by Gasteiger charge is -2.25. The van der Waals surface area contributed by atoms with E-state index in [-0.39, 0.29) is 54.7 Å². The molecule has 4 atom stereocenters. The molecule has 0 bridgehead atoms. The number of halogens is 1. The Morgan fingerprint density at radius 2 is 0.866 bits per heavy atom. The first-order valence-corrected chi connectivity index (χ1v) is 45.0. The van der Waals surface area contributed by atoms with E-state index in [1.807, 2.05) is 256 Å². The first kappa shape index (κ1) is 115. The number of carboxylic acids is 3.